The van der Waals surface area contributed by atoms with Crippen molar-refractivity contribution in [3.63, 3.8) is 0 Å². The van der Waals surface area contributed by atoms with Crippen molar-refractivity contribution in [3.05, 3.63) is 63.5 Å². The molecule has 1 aromatic heterocycles. The molecule has 0 bridgehead atoms. The van der Waals surface area contributed by atoms with Gasteiger partial charge in [0.25, 0.3) is 5.91 Å². The largest absolute Gasteiger partial charge is 0.467 e. The summed E-state index contributed by atoms with van der Waals surface area (Å²) in [5.74, 6) is -1.16. The topological polar surface area (TPSA) is 162 Å². The number of halogens is 2. The summed E-state index contributed by atoms with van der Waals surface area (Å²) >= 11 is 12.4. The molecule has 0 aliphatic rings. The lowest BCUT2D eigenvalue weighted by molar-refractivity contribution is -0.142. The number of ether oxygens (including phenoxy) is 2. The maximum atomic E-state index is 12.4. The summed E-state index contributed by atoms with van der Waals surface area (Å²) in [6, 6.07) is 5.38. The Balaban J connectivity index is 0.000000686. The number of benzene rings is 1. The molecule has 1 atom stereocenters. The van der Waals surface area contributed by atoms with Gasteiger partial charge in [-0.1, -0.05) is 23.2 Å². The Morgan fingerprint density at radius 2 is 1.79 bits per heavy atom. The Hall–Kier alpha value is -3.54. The number of methoxy groups -OCH3 is 1. The number of esters is 1. The average molecular weight is 571 g/mol. The minimum atomic E-state index is -1.03. The second-order valence-corrected chi connectivity index (χ2v) is 9.35. The third-order valence-electron chi connectivity index (χ3n) is 4.37. The molecule has 0 unspecified atom stereocenters. The maximum Gasteiger partial charge on any atom is 0.407 e. The van der Waals surface area contributed by atoms with Crippen molar-refractivity contribution in [2.24, 2.45) is 5.73 Å². The van der Waals surface area contributed by atoms with Gasteiger partial charge in [-0.15, -0.1) is 0 Å². The minimum absolute atomic E-state index is 0.0107. The molecule has 5 N–H and O–H groups in total. The fraction of sp³-hybridized carbons (Fsp3) is 0.360. The van der Waals surface area contributed by atoms with Crippen LogP contribution < -0.4 is 21.7 Å². The fourth-order valence-electron chi connectivity index (χ4n) is 2.65. The molecule has 2 aromatic rings. The molecule has 13 heteroatoms. The van der Waals surface area contributed by atoms with Crippen LogP contribution in [0.4, 0.5) is 4.79 Å². The zero-order chi connectivity index (χ0) is 28.9. The number of nitrogens with one attached hydrogen (secondary N) is 3. The summed E-state index contributed by atoms with van der Waals surface area (Å²) in [6.45, 7) is 5.45. The number of hydrogen-bond donors (Lipinski definition) is 4. The number of carbonyl (C=O) groups is 4. The number of rotatable bonds is 8. The Morgan fingerprint density at radius 3 is 2.24 bits per heavy atom. The van der Waals surface area contributed by atoms with E-state index < -0.39 is 17.9 Å². The van der Waals surface area contributed by atoms with Gasteiger partial charge in [0.1, 0.15) is 17.4 Å². The summed E-state index contributed by atoms with van der Waals surface area (Å²) in [4.78, 5) is 46.4. The van der Waals surface area contributed by atoms with Crippen molar-refractivity contribution < 1.29 is 33.1 Å². The highest BCUT2D eigenvalue weighted by molar-refractivity contribution is 6.39. The lowest BCUT2D eigenvalue weighted by Gasteiger charge is -2.18. The van der Waals surface area contributed by atoms with Crippen LogP contribution in [0.1, 0.15) is 42.5 Å². The first-order valence-electron chi connectivity index (χ1n) is 11.3. The van der Waals surface area contributed by atoms with E-state index in [9.17, 15) is 19.2 Å². The van der Waals surface area contributed by atoms with E-state index >= 15 is 0 Å². The second-order valence-electron chi connectivity index (χ2n) is 8.54. The van der Waals surface area contributed by atoms with Gasteiger partial charge in [-0.25, -0.2) is 9.59 Å². The number of hydrogen-bond acceptors (Lipinski definition) is 8. The van der Waals surface area contributed by atoms with Gasteiger partial charge in [-0.05, 0) is 56.7 Å². The van der Waals surface area contributed by atoms with Crippen LogP contribution in [0.2, 0.25) is 10.0 Å². The van der Waals surface area contributed by atoms with Crippen molar-refractivity contribution in [2.45, 2.75) is 39.0 Å². The first-order valence-corrected chi connectivity index (χ1v) is 12.0. The highest BCUT2D eigenvalue weighted by atomic mass is 35.5. The van der Waals surface area contributed by atoms with Crippen molar-refractivity contribution in [1.82, 2.24) is 16.0 Å². The van der Waals surface area contributed by atoms with Crippen molar-refractivity contribution in [1.29, 1.82) is 0 Å². The molecule has 0 fully saturated rings. The van der Waals surface area contributed by atoms with Gasteiger partial charge in [0.15, 0.2) is 0 Å². The van der Waals surface area contributed by atoms with Crippen LogP contribution >= 0.6 is 23.2 Å². The van der Waals surface area contributed by atoms with Crippen LogP contribution in [0.25, 0.3) is 6.08 Å². The van der Waals surface area contributed by atoms with E-state index in [2.05, 4.69) is 20.7 Å². The lowest BCUT2D eigenvalue weighted by Crippen LogP contribution is -2.46. The molecule has 0 aliphatic carbocycles. The number of amides is 3. The first-order chi connectivity index (χ1) is 17.8. The SMILES string of the molecule is CNC(=O)OC(C)(C)C.COC(=O)[C@H](CN)NC(=O)c1c(Cl)cc(CNC(=O)/C=C/c2ccco2)cc1Cl. The van der Waals surface area contributed by atoms with E-state index in [0.717, 1.165) is 0 Å². The Labute approximate surface area is 231 Å². The smallest absolute Gasteiger partial charge is 0.407 e. The minimum Gasteiger partial charge on any atom is -0.467 e. The summed E-state index contributed by atoms with van der Waals surface area (Å²) in [7, 11) is 2.72. The van der Waals surface area contributed by atoms with E-state index in [-0.39, 0.29) is 46.3 Å². The van der Waals surface area contributed by atoms with Crippen LogP contribution in [-0.4, -0.2) is 56.2 Å². The predicted molar refractivity (Wildman–Crippen MR) is 144 cm³/mol. The highest BCUT2D eigenvalue weighted by Gasteiger charge is 2.23. The standard InChI is InChI=1S/C19H19Cl2N3O5.C6H13NO2/c1-28-19(27)15(9-22)24-18(26)17-13(20)7-11(8-14(17)21)10-23-16(25)5-4-12-3-2-6-29-12;1-6(2,3)9-5(8)7-4/h2-8,15H,9-10,22H2,1H3,(H,23,25)(H,24,26);1-4H3,(H,7,8)/b5-4+;/t15-;/m0./s1. The molecule has 0 saturated heterocycles. The fourth-order valence-corrected chi connectivity index (χ4v) is 3.36. The van der Waals surface area contributed by atoms with E-state index in [1.807, 2.05) is 20.8 Å². The summed E-state index contributed by atoms with van der Waals surface area (Å²) < 4.78 is 14.5. The van der Waals surface area contributed by atoms with Crippen molar-refractivity contribution in [3.8, 4) is 0 Å². The van der Waals surface area contributed by atoms with Crippen molar-refractivity contribution in [2.75, 3.05) is 20.7 Å². The third kappa shape index (κ3) is 11.7. The summed E-state index contributed by atoms with van der Waals surface area (Å²) in [5.41, 5.74) is 5.65. The molecule has 0 radical (unpaired) electrons. The molecule has 208 valence electrons. The first kappa shape index (κ1) is 32.5. The van der Waals surface area contributed by atoms with Crippen LogP contribution in [0, 0.1) is 0 Å². The van der Waals surface area contributed by atoms with Gasteiger partial charge < -0.3 is 35.6 Å². The molecule has 3 amide bonds. The van der Waals surface area contributed by atoms with E-state index in [1.165, 1.54) is 44.7 Å². The Morgan fingerprint density at radius 1 is 1.16 bits per heavy atom. The maximum absolute atomic E-state index is 12.4. The van der Waals surface area contributed by atoms with Gasteiger partial charge in [-0.3, -0.25) is 9.59 Å². The van der Waals surface area contributed by atoms with Gasteiger partial charge in [-0.2, -0.15) is 0 Å². The van der Waals surface area contributed by atoms with Gasteiger partial charge in [0.05, 0.1) is 29.0 Å². The monoisotopic (exact) mass is 570 g/mol. The molecule has 0 saturated carbocycles. The van der Waals surface area contributed by atoms with E-state index in [0.29, 0.717) is 11.3 Å². The van der Waals surface area contributed by atoms with Gasteiger partial charge in [0.2, 0.25) is 5.91 Å². The van der Waals surface area contributed by atoms with E-state index in [4.69, 9.17) is 38.1 Å². The number of alkyl carbamates (subject to hydrolysis) is 1. The number of furan rings is 1. The average Bonchev–Trinajstić information content (AvgIpc) is 3.37. The van der Waals surface area contributed by atoms with Crippen LogP contribution in [0.3, 0.4) is 0 Å². The molecule has 0 aliphatic heterocycles. The number of nitrogens with two attached hydrogens (primary N) is 1. The van der Waals surface area contributed by atoms with Crippen LogP contribution in [0.15, 0.2) is 41.0 Å². The molecular formula is C25H32Cl2N4O7. The van der Waals surface area contributed by atoms with Gasteiger partial charge >= 0.3 is 12.1 Å². The zero-order valence-electron chi connectivity index (χ0n) is 21.7. The molecule has 1 aromatic carbocycles. The van der Waals surface area contributed by atoms with Crippen molar-refractivity contribution >= 4 is 53.2 Å². The molecule has 11 nitrogen and oxygen atoms in total. The second kappa shape index (κ2) is 15.7. The Bertz CT molecular complexity index is 1110. The Kier molecular flexibility index (Phi) is 13.4. The lowest BCUT2D eigenvalue weighted by atomic mass is 10.1. The number of carbonyl (C=O) groups excluding carboxylic acids is 4. The quantitative estimate of drug-likeness (QED) is 0.277. The van der Waals surface area contributed by atoms with E-state index in [1.54, 1.807) is 12.1 Å². The van der Waals surface area contributed by atoms with Crippen LogP contribution in [-0.2, 0) is 25.6 Å². The van der Waals surface area contributed by atoms with Crippen LogP contribution in [0.5, 0.6) is 0 Å². The molecule has 2 rings (SSSR count). The zero-order valence-corrected chi connectivity index (χ0v) is 23.2. The third-order valence-corrected chi connectivity index (χ3v) is 4.96. The predicted octanol–water partition coefficient (Wildman–Crippen LogP) is 3.29. The molecular weight excluding hydrogens is 539 g/mol. The summed E-state index contributed by atoms with van der Waals surface area (Å²) in [5, 5.41) is 7.57. The summed E-state index contributed by atoms with van der Waals surface area (Å²) in [6.07, 6.45) is 3.96. The highest BCUT2D eigenvalue weighted by Crippen LogP contribution is 2.27. The van der Waals surface area contributed by atoms with Gasteiger partial charge in [0, 0.05) is 26.2 Å². The molecule has 38 heavy (non-hydrogen) atoms. The molecule has 0 spiro atoms. The molecule has 1 heterocycles. The normalized spacial score (nSPS) is 11.6.